The Morgan fingerprint density at radius 1 is 0.931 bits per heavy atom. The van der Waals surface area contributed by atoms with Crippen molar-refractivity contribution in [2.24, 2.45) is 5.92 Å². The zero-order valence-corrected chi connectivity index (χ0v) is 16.7. The van der Waals surface area contributed by atoms with E-state index in [0.717, 1.165) is 30.6 Å². The number of ether oxygens (including phenoxy) is 1. The molecule has 2 aliphatic heterocycles. The van der Waals surface area contributed by atoms with Gasteiger partial charge in [0, 0.05) is 37.7 Å². The molecule has 0 unspecified atom stereocenters. The first kappa shape index (κ1) is 19.6. The van der Waals surface area contributed by atoms with Gasteiger partial charge in [0.1, 0.15) is 0 Å². The van der Waals surface area contributed by atoms with Crippen LogP contribution in [0.25, 0.3) is 11.1 Å². The van der Waals surface area contributed by atoms with Crippen molar-refractivity contribution in [2.45, 2.75) is 31.8 Å². The summed E-state index contributed by atoms with van der Waals surface area (Å²) in [7, 11) is 0. The SMILES string of the molecule is O=C(NC[C@H]1CCCO1)C1CCN(C(=O)c2ccc(-c3ccccc3)cc2)CC1. The normalized spacial score (nSPS) is 19.9. The predicted molar refractivity (Wildman–Crippen MR) is 112 cm³/mol. The lowest BCUT2D eigenvalue weighted by Crippen LogP contribution is -2.44. The molecule has 29 heavy (non-hydrogen) atoms. The summed E-state index contributed by atoms with van der Waals surface area (Å²) in [6.45, 7) is 2.65. The summed E-state index contributed by atoms with van der Waals surface area (Å²) in [6, 6.07) is 17.9. The van der Waals surface area contributed by atoms with E-state index in [1.165, 1.54) is 0 Å². The molecule has 2 aromatic carbocycles. The first-order valence-electron chi connectivity index (χ1n) is 10.5. The Kier molecular flexibility index (Phi) is 6.25. The maximum absolute atomic E-state index is 12.8. The van der Waals surface area contributed by atoms with Gasteiger partial charge in [0.25, 0.3) is 5.91 Å². The summed E-state index contributed by atoms with van der Waals surface area (Å²) < 4.78 is 5.56. The highest BCUT2D eigenvalue weighted by Crippen LogP contribution is 2.22. The van der Waals surface area contributed by atoms with E-state index in [2.05, 4.69) is 17.4 Å². The molecule has 1 atom stereocenters. The Morgan fingerprint density at radius 3 is 2.28 bits per heavy atom. The highest BCUT2D eigenvalue weighted by molar-refractivity contribution is 5.95. The van der Waals surface area contributed by atoms with Crippen LogP contribution in [0.2, 0.25) is 0 Å². The fourth-order valence-corrected chi connectivity index (χ4v) is 4.13. The molecule has 152 valence electrons. The number of piperidine rings is 1. The third-order valence-electron chi connectivity index (χ3n) is 5.92. The molecule has 2 aromatic rings. The van der Waals surface area contributed by atoms with Crippen molar-refractivity contribution in [3.05, 3.63) is 60.2 Å². The largest absolute Gasteiger partial charge is 0.376 e. The summed E-state index contributed by atoms with van der Waals surface area (Å²) >= 11 is 0. The molecule has 0 spiro atoms. The number of nitrogens with one attached hydrogen (secondary N) is 1. The van der Waals surface area contributed by atoms with Crippen LogP contribution in [-0.2, 0) is 9.53 Å². The Balaban J connectivity index is 1.28. The van der Waals surface area contributed by atoms with Crippen LogP contribution in [-0.4, -0.2) is 49.1 Å². The predicted octanol–water partition coefficient (Wildman–Crippen LogP) is 3.50. The quantitative estimate of drug-likeness (QED) is 0.847. The molecule has 0 aliphatic carbocycles. The summed E-state index contributed by atoms with van der Waals surface area (Å²) in [4.78, 5) is 27.1. The van der Waals surface area contributed by atoms with E-state index in [0.29, 0.717) is 38.0 Å². The average Bonchev–Trinajstić information content (AvgIpc) is 3.31. The Bertz CT molecular complexity index is 821. The molecule has 0 radical (unpaired) electrons. The van der Waals surface area contributed by atoms with Crippen LogP contribution in [0.1, 0.15) is 36.0 Å². The van der Waals surface area contributed by atoms with Crippen molar-refractivity contribution >= 4 is 11.8 Å². The van der Waals surface area contributed by atoms with Crippen LogP contribution in [0, 0.1) is 5.92 Å². The zero-order valence-electron chi connectivity index (χ0n) is 16.7. The van der Waals surface area contributed by atoms with Crippen molar-refractivity contribution in [1.82, 2.24) is 10.2 Å². The van der Waals surface area contributed by atoms with Gasteiger partial charge in [0.05, 0.1) is 6.10 Å². The van der Waals surface area contributed by atoms with E-state index in [9.17, 15) is 9.59 Å². The average molecular weight is 392 g/mol. The van der Waals surface area contributed by atoms with Gasteiger partial charge in [-0.2, -0.15) is 0 Å². The second-order valence-corrected chi connectivity index (χ2v) is 7.89. The Labute approximate surface area is 172 Å². The highest BCUT2D eigenvalue weighted by atomic mass is 16.5. The highest BCUT2D eigenvalue weighted by Gasteiger charge is 2.28. The number of rotatable bonds is 5. The molecule has 2 heterocycles. The van der Waals surface area contributed by atoms with Crippen molar-refractivity contribution < 1.29 is 14.3 Å². The number of benzene rings is 2. The number of nitrogens with zero attached hydrogens (tertiary/aromatic N) is 1. The summed E-state index contributed by atoms with van der Waals surface area (Å²) in [5.74, 6) is 0.128. The van der Waals surface area contributed by atoms with Crippen molar-refractivity contribution in [3.63, 3.8) is 0 Å². The minimum atomic E-state index is -0.0130. The van der Waals surface area contributed by atoms with Gasteiger partial charge in [-0.05, 0) is 48.9 Å². The van der Waals surface area contributed by atoms with Crippen molar-refractivity contribution in [1.29, 1.82) is 0 Å². The number of hydrogen-bond acceptors (Lipinski definition) is 3. The lowest BCUT2D eigenvalue weighted by atomic mass is 9.95. The zero-order chi connectivity index (χ0) is 20.1. The van der Waals surface area contributed by atoms with Gasteiger partial charge >= 0.3 is 0 Å². The van der Waals surface area contributed by atoms with E-state index >= 15 is 0 Å². The van der Waals surface area contributed by atoms with E-state index < -0.39 is 0 Å². The molecule has 0 aromatic heterocycles. The maximum atomic E-state index is 12.8. The second-order valence-electron chi connectivity index (χ2n) is 7.89. The van der Waals surface area contributed by atoms with Crippen LogP contribution in [0.15, 0.2) is 54.6 Å². The number of carbonyl (C=O) groups is 2. The van der Waals surface area contributed by atoms with Crippen molar-refractivity contribution in [3.8, 4) is 11.1 Å². The van der Waals surface area contributed by atoms with E-state index in [1.54, 1.807) is 0 Å². The van der Waals surface area contributed by atoms with Crippen LogP contribution < -0.4 is 5.32 Å². The molecular weight excluding hydrogens is 364 g/mol. The third kappa shape index (κ3) is 4.85. The second kappa shape index (κ2) is 9.23. The fourth-order valence-electron chi connectivity index (χ4n) is 4.13. The molecule has 2 fully saturated rings. The van der Waals surface area contributed by atoms with Crippen LogP contribution in [0.5, 0.6) is 0 Å². The standard InChI is InChI=1S/C24H28N2O3/c27-23(25-17-22-7-4-16-29-22)20-12-14-26(15-13-20)24(28)21-10-8-19(9-11-21)18-5-2-1-3-6-18/h1-3,5-6,8-11,20,22H,4,7,12-17H2,(H,25,27)/t22-/m1/s1. The topological polar surface area (TPSA) is 58.6 Å². The molecule has 1 N–H and O–H groups in total. The molecule has 2 amide bonds. The number of hydrogen-bond donors (Lipinski definition) is 1. The maximum Gasteiger partial charge on any atom is 0.253 e. The summed E-state index contributed by atoms with van der Waals surface area (Å²) in [5.41, 5.74) is 2.94. The molecule has 2 aliphatic rings. The summed E-state index contributed by atoms with van der Waals surface area (Å²) in [6.07, 6.45) is 3.69. The van der Waals surface area contributed by atoms with E-state index in [1.807, 2.05) is 47.4 Å². The smallest absolute Gasteiger partial charge is 0.253 e. The molecule has 4 rings (SSSR count). The van der Waals surface area contributed by atoms with Gasteiger partial charge in [-0.3, -0.25) is 9.59 Å². The van der Waals surface area contributed by atoms with Gasteiger partial charge in [-0.1, -0.05) is 42.5 Å². The Morgan fingerprint density at radius 2 is 1.62 bits per heavy atom. The number of carbonyl (C=O) groups excluding carboxylic acids is 2. The van der Waals surface area contributed by atoms with Gasteiger partial charge in [0.15, 0.2) is 0 Å². The number of likely N-dealkylation sites (tertiary alicyclic amines) is 1. The molecular formula is C24H28N2O3. The van der Waals surface area contributed by atoms with Gasteiger partial charge in [-0.15, -0.1) is 0 Å². The minimum Gasteiger partial charge on any atom is -0.376 e. The Hall–Kier alpha value is -2.66. The molecule has 0 bridgehead atoms. The number of amides is 2. The van der Waals surface area contributed by atoms with Crippen LogP contribution in [0.3, 0.4) is 0 Å². The monoisotopic (exact) mass is 392 g/mol. The molecule has 5 nitrogen and oxygen atoms in total. The van der Waals surface area contributed by atoms with Crippen molar-refractivity contribution in [2.75, 3.05) is 26.2 Å². The first-order valence-corrected chi connectivity index (χ1v) is 10.5. The summed E-state index contributed by atoms with van der Waals surface area (Å²) in [5, 5.41) is 3.02. The van der Waals surface area contributed by atoms with Gasteiger partial charge < -0.3 is 15.0 Å². The third-order valence-corrected chi connectivity index (χ3v) is 5.92. The molecule has 0 saturated carbocycles. The van der Waals surface area contributed by atoms with Crippen LogP contribution in [0.4, 0.5) is 0 Å². The first-order chi connectivity index (χ1) is 14.2. The van der Waals surface area contributed by atoms with E-state index in [4.69, 9.17) is 4.74 Å². The molecule has 5 heteroatoms. The fraction of sp³-hybridized carbons (Fsp3) is 0.417. The van der Waals surface area contributed by atoms with E-state index in [-0.39, 0.29) is 23.8 Å². The lowest BCUT2D eigenvalue weighted by Gasteiger charge is -2.31. The van der Waals surface area contributed by atoms with Gasteiger partial charge in [-0.25, -0.2) is 0 Å². The van der Waals surface area contributed by atoms with Gasteiger partial charge in [0.2, 0.25) is 5.91 Å². The molecule has 2 saturated heterocycles. The minimum absolute atomic E-state index is 0.0130. The van der Waals surface area contributed by atoms with Crippen LogP contribution >= 0.6 is 0 Å². The lowest BCUT2D eigenvalue weighted by molar-refractivity contribution is -0.126.